The maximum Gasteiger partial charge on any atom is 0.335 e. The fraction of sp³-hybridized carbons (Fsp3) is 0.0476. The summed E-state index contributed by atoms with van der Waals surface area (Å²) in [6.45, 7) is 2.04. The summed E-state index contributed by atoms with van der Waals surface area (Å²) in [5, 5.41) is 19.1. The minimum atomic E-state index is -0.997. The summed E-state index contributed by atoms with van der Waals surface area (Å²) in [5.41, 5.74) is 2.43. The summed E-state index contributed by atoms with van der Waals surface area (Å²) in [5.74, 6) is -0.429. The van der Waals surface area contributed by atoms with Crippen LogP contribution in [-0.2, 0) is 0 Å². The Hall–Kier alpha value is -3.23. The highest BCUT2D eigenvalue weighted by molar-refractivity contribution is 7.99. The Labute approximate surface area is 155 Å². The van der Waals surface area contributed by atoms with Crippen LogP contribution in [0.4, 0.5) is 0 Å². The van der Waals surface area contributed by atoms with Gasteiger partial charge in [-0.25, -0.2) is 4.79 Å². The predicted molar refractivity (Wildman–Crippen MR) is 101 cm³/mol. The van der Waals surface area contributed by atoms with Crippen molar-refractivity contribution >= 4 is 29.4 Å². The zero-order valence-corrected chi connectivity index (χ0v) is 14.8. The van der Waals surface area contributed by atoms with Gasteiger partial charge in [-0.15, -0.1) is 0 Å². The highest BCUT2D eigenvalue weighted by Gasteiger charge is 2.08. The molecule has 1 N–H and O–H groups in total. The van der Waals surface area contributed by atoms with Gasteiger partial charge in [-0.2, -0.15) is 5.26 Å². The van der Waals surface area contributed by atoms with Crippen LogP contribution in [0.15, 0.2) is 75.1 Å². The Balaban J connectivity index is 1.79. The van der Waals surface area contributed by atoms with E-state index < -0.39 is 5.97 Å². The van der Waals surface area contributed by atoms with Gasteiger partial charge in [0.15, 0.2) is 5.09 Å². The van der Waals surface area contributed by atoms with Crippen molar-refractivity contribution in [1.82, 2.24) is 0 Å². The molecule has 0 radical (unpaired) electrons. The first-order chi connectivity index (χ1) is 12.5. The maximum absolute atomic E-state index is 10.9. The third-order valence-corrected chi connectivity index (χ3v) is 4.62. The van der Waals surface area contributed by atoms with Gasteiger partial charge in [-0.1, -0.05) is 41.6 Å². The summed E-state index contributed by atoms with van der Waals surface area (Å²) >= 11 is 1.51. The van der Waals surface area contributed by atoms with E-state index in [0.29, 0.717) is 16.9 Å². The van der Waals surface area contributed by atoms with Gasteiger partial charge < -0.3 is 9.52 Å². The number of benzene rings is 2. The molecular weight excluding hydrogens is 346 g/mol. The van der Waals surface area contributed by atoms with Gasteiger partial charge in [-0.05, 0) is 55.0 Å². The van der Waals surface area contributed by atoms with Crippen molar-refractivity contribution in [1.29, 1.82) is 5.26 Å². The van der Waals surface area contributed by atoms with Gasteiger partial charge in [0.25, 0.3) is 0 Å². The van der Waals surface area contributed by atoms with Crippen LogP contribution in [0.3, 0.4) is 0 Å². The zero-order valence-electron chi connectivity index (χ0n) is 14.0. The van der Waals surface area contributed by atoms with E-state index in [2.05, 4.69) is 6.07 Å². The zero-order chi connectivity index (χ0) is 18.5. The number of carbonyl (C=O) groups is 1. The second kappa shape index (κ2) is 7.77. The predicted octanol–water partition coefficient (Wildman–Crippen LogP) is 5.50. The van der Waals surface area contributed by atoms with Gasteiger partial charge >= 0.3 is 5.97 Å². The van der Waals surface area contributed by atoms with Crippen LogP contribution in [0.2, 0.25) is 0 Å². The number of carboxylic acid groups (broad SMARTS) is 1. The number of allylic oxidation sites excluding steroid dienone is 1. The molecule has 3 rings (SSSR count). The van der Waals surface area contributed by atoms with E-state index in [1.165, 1.54) is 29.5 Å². The summed E-state index contributed by atoms with van der Waals surface area (Å²) < 4.78 is 5.77. The number of rotatable bonds is 5. The molecule has 3 aromatic rings. The molecule has 128 valence electrons. The van der Waals surface area contributed by atoms with Gasteiger partial charge in [0.1, 0.15) is 5.76 Å². The van der Waals surface area contributed by atoms with E-state index >= 15 is 0 Å². The maximum atomic E-state index is 10.9. The molecule has 4 nitrogen and oxygen atoms in total. The van der Waals surface area contributed by atoms with E-state index in [-0.39, 0.29) is 5.56 Å². The average molecular weight is 361 g/mol. The highest BCUT2D eigenvalue weighted by atomic mass is 32.2. The molecule has 0 bridgehead atoms. The quantitative estimate of drug-likeness (QED) is 0.607. The van der Waals surface area contributed by atoms with Gasteiger partial charge in [0.05, 0.1) is 17.2 Å². The summed E-state index contributed by atoms with van der Waals surface area (Å²) in [6, 6.07) is 20.1. The lowest BCUT2D eigenvalue weighted by Crippen LogP contribution is -1.95. The lowest BCUT2D eigenvalue weighted by atomic mass is 10.0. The fourth-order valence-electron chi connectivity index (χ4n) is 2.30. The Kier molecular flexibility index (Phi) is 5.26. The SMILES string of the molecule is Cc1ccc(Sc2ccc(/C=C(/C#N)c3ccc(C(=O)O)cc3)o2)cc1. The molecule has 0 atom stereocenters. The van der Waals surface area contributed by atoms with Crippen molar-refractivity contribution in [2.75, 3.05) is 0 Å². The van der Waals surface area contributed by atoms with Crippen molar-refractivity contribution in [3.8, 4) is 6.07 Å². The van der Waals surface area contributed by atoms with E-state index in [1.54, 1.807) is 24.3 Å². The number of nitrogens with zero attached hydrogens (tertiary/aromatic N) is 1. The molecule has 0 fully saturated rings. The molecule has 0 amide bonds. The molecule has 0 aliphatic rings. The van der Waals surface area contributed by atoms with E-state index in [1.807, 2.05) is 37.3 Å². The van der Waals surface area contributed by atoms with Gasteiger partial charge in [0.2, 0.25) is 0 Å². The van der Waals surface area contributed by atoms with Gasteiger partial charge in [0, 0.05) is 4.90 Å². The average Bonchev–Trinajstić information content (AvgIpc) is 3.09. The van der Waals surface area contributed by atoms with Crippen LogP contribution in [0.25, 0.3) is 11.6 Å². The first kappa shape index (κ1) is 17.6. The third kappa shape index (κ3) is 4.24. The van der Waals surface area contributed by atoms with Crippen molar-refractivity contribution < 1.29 is 14.3 Å². The van der Waals surface area contributed by atoms with Crippen LogP contribution in [0, 0.1) is 18.3 Å². The molecule has 0 aliphatic heterocycles. The summed E-state index contributed by atoms with van der Waals surface area (Å²) in [4.78, 5) is 12.0. The standard InChI is InChI=1S/C21H15NO3S/c1-14-2-9-19(10-3-14)26-20-11-8-18(25-20)12-17(13-22)15-4-6-16(7-5-15)21(23)24/h2-12H,1H3,(H,23,24)/b17-12-. The molecule has 0 saturated carbocycles. The summed E-state index contributed by atoms with van der Waals surface area (Å²) in [7, 11) is 0. The molecule has 26 heavy (non-hydrogen) atoms. The first-order valence-electron chi connectivity index (χ1n) is 7.85. The van der Waals surface area contributed by atoms with Crippen LogP contribution in [0.5, 0.6) is 0 Å². The molecule has 0 unspecified atom stereocenters. The van der Waals surface area contributed by atoms with Crippen LogP contribution in [0.1, 0.15) is 27.2 Å². The lowest BCUT2D eigenvalue weighted by Gasteiger charge is -2.00. The largest absolute Gasteiger partial charge is 0.478 e. The topological polar surface area (TPSA) is 74.2 Å². The molecule has 2 aromatic carbocycles. The van der Waals surface area contributed by atoms with Crippen molar-refractivity contribution in [3.63, 3.8) is 0 Å². The van der Waals surface area contributed by atoms with Crippen LogP contribution >= 0.6 is 11.8 Å². The fourth-order valence-corrected chi connectivity index (χ4v) is 3.08. The number of aryl methyl sites for hydroxylation is 1. The number of carboxylic acids is 1. The summed E-state index contributed by atoms with van der Waals surface area (Å²) in [6.07, 6.45) is 1.65. The minimum Gasteiger partial charge on any atom is -0.478 e. The van der Waals surface area contributed by atoms with Crippen LogP contribution in [-0.4, -0.2) is 11.1 Å². The van der Waals surface area contributed by atoms with Crippen molar-refractivity contribution in [3.05, 3.63) is 83.1 Å². The number of hydrogen-bond acceptors (Lipinski definition) is 4. The lowest BCUT2D eigenvalue weighted by molar-refractivity contribution is 0.0697. The number of hydrogen-bond donors (Lipinski definition) is 1. The van der Waals surface area contributed by atoms with Crippen molar-refractivity contribution in [2.24, 2.45) is 0 Å². The second-order valence-corrected chi connectivity index (χ2v) is 6.70. The number of nitriles is 1. The Morgan fingerprint density at radius 3 is 2.31 bits per heavy atom. The third-order valence-electron chi connectivity index (χ3n) is 3.69. The monoisotopic (exact) mass is 361 g/mol. The Morgan fingerprint density at radius 1 is 1.04 bits per heavy atom. The molecule has 0 saturated heterocycles. The molecule has 1 heterocycles. The number of aromatic carboxylic acids is 1. The van der Waals surface area contributed by atoms with E-state index in [9.17, 15) is 10.1 Å². The Bertz CT molecular complexity index is 993. The van der Waals surface area contributed by atoms with E-state index in [4.69, 9.17) is 9.52 Å². The first-order valence-corrected chi connectivity index (χ1v) is 8.67. The Morgan fingerprint density at radius 2 is 1.69 bits per heavy atom. The van der Waals surface area contributed by atoms with Crippen molar-refractivity contribution in [2.45, 2.75) is 16.9 Å². The molecule has 0 aliphatic carbocycles. The van der Waals surface area contributed by atoms with Crippen LogP contribution < -0.4 is 0 Å². The smallest absolute Gasteiger partial charge is 0.335 e. The second-order valence-electron chi connectivity index (χ2n) is 5.62. The molecule has 1 aromatic heterocycles. The normalized spacial score (nSPS) is 11.2. The highest BCUT2D eigenvalue weighted by Crippen LogP contribution is 2.30. The molecular formula is C21H15NO3S. The molecule has 0 spiro atoms. The van der Waals surface area contributed by atoms with E-state index in [0.717, 1.165) is 9.99 Å². The van der Waals surface area contributed by atoms with Gasteiger partial charge in [-0.3, -0.25) is 0 Å². The molecule has 5 heteroatoms. The minimum absolute atomic E-state index is 0.181. The number of furan rings is 1.